The lowest BCUT2D eigenvalue weighted by Gasteiger charge is -2.20. The minimum atomic E-state index is -0.489. The topological polar surface area (TPSA) is 70.2 Å². The van der Waals surface area contributed by atoms with Gasteiger partial charge in [0.25, 0.3) is 0 Å². The van der Waals surface area contributed by atoms with Gasteiger partial charge in [-0.05, 0) is 37.3 Å². The molecule has 1 atom stereocenters. The van der Waals surface area contributed by atoms with Crippen molar-refractivity contribution < 1.29 is 9.59 Å². The monoisotopic (exact) mass is 305 g/mol. The molecule has 0 aromatic heterocycles. The van der Waals surface area contributed by atoms with Crippen LogP contribution in [0.5, 0.6) is 0 Å². The zero-order valence-electron chi connectivity index (χ0n) is 14.1. The molecule has 1 rings (SSSR count). The molecule has 2 amide bonds. The molecule has 0 unspecified atom stereocenters. The molecule has 0 aliphatic rings. The quantitative estimate of drug-likeness (QED) is 0.721. The van der Waals surface area contributed by atoms with Crippen molar-refractivity contribution in [3.63, 3.8) is 0 Å². The van der Waals surface area contributed by atoms with Gasteiger partial charge in [0.2, 0.25) is 11.8 Å². The Bertz CT molecular complexity index is 506. The Morgan fingerprint density at radius 1 is 1.14 bits per heavy atom. The Morgan fingerprint density at radius 3 is 2.23 bits per heavy atom. The van der Waals surface area contributed by atoms with E-state index in [2.05, 4.69) is 16.0 Å². The first-order valence-electron chi connectivity index (χ1n) is 7.66. The number of benzene rings is 1. The van der Waals surface area contributed by atoms with Crippen LogP contribution in [0.15, 0.2) is 18.2 Å². The lowest BCUT2D eigenvalue weighted by molar-refractivity contribution is -0.128. The maximum absolute atomic E-state index is 12.1. The van der Waals surface area contributed by atoms with Crippen molar-refractivity contribution in [2.45, 2.75) is 40.2 Å². The Morgan fingerprint density at radius 2 is 1.73 bits per heavy atom. The van der Waals surface area contributed by atoms with Crippen LogP contribution >= 0.6 is 0 Å². The number of anilines is 1. The molecule has 0 saturated carbocycles. The normalized spacial score (nSPS) is 11.9. The summed E-state index contributed by atoms with van der Waals surface area (Å²) in [5.74, 6) is -0.0137. The molecule has 1 aromatic rings. The highest BCUT2D eigenvalue weighted by Gasteiger charge is 2.20. The Kier molecular flexibility index (Phi) is 6.89. The van der Waals surface area contributed by atoms with Crippen molar-refractivity contribution in [3.05, 3.63) is 29.3 Å². The van der Waals surface area contributed by atoms with Crippen LogP contribution in [0.25, 0.3) is 0 Å². The van der Waals surface area contributed by atoms with Gasteiger partial charge in [-0.15, -0.1) is 0 Å². The van der Waals surface area contributed by atoms with Gasteiger partial charge in [-0.3, -0.25) is 9.59 Å². The Balaban J connectivity index is 2.62. The maximum Gasteiger partial charge on any atom is 0.242 e. The number of carbonyl (C=O) groups is 2. The van der Waals surface area contributed by atoms with Crippen LogP contribution in [0.2, 0.25) is 0 Å². The lowest BCUT2D eigenvalue weighted by atomic mass is 10.0. The molecule has 0 aliphatic carbocycles. The average Bonchev–Trinajstić information content (AvgIpc) is 2.44. The van der Waals surface area contributed by atoms with Crippen molar-refractivity contribution in [3.8, 4) is 0 Å². The van der Waals surface area contributed by atoms with Gasteiger partial charge >= 0.3 is 0 Å². The van der Waals surface area contributed by atoms with E-state index in [4.69, 9.17) is 0 Å². The third-order valence-corrected chi connectivity index (χ3v) is 3.51. The van der Waals surface area contributed by atoms with Crippen molar-refractivity contribution in [1.29, 1.82) is 0 Å². The summed E-state index contributed by atoms with van der Waals surface area (Å²) in [4.78, 5) is 23.9. The molecule has 0 saturated heterocycles. The first-order chi connectivity index (χ1) is 10.3. The van der Waals surface area contributed by atoms with Crippen molar-refractivity contribution in [2.75, 3.05) is 18.9 Å². The van der Waals surface area contributed by atoms with E-state index >= 15 is 0 Å². The van der Waals surface area contributed by atoms with Crippen molar-refractivity contribution >= 4 is 17.5 Å². The van der Waals surface area contributed by atoms with Crippen LogP contribution in [-0.4, -0.2) is 31.4 Å². The second-order valence-electron chi connectivity index (χ2n) is 5.98. The first kappa shape index (κ1) is 18.0. The van der Waals surface area contributed by atoms with Gasteiger partial charge < -0.3 is 16.0 Å². The van der Waals surface area contributed by atoms with Crippen LogP contribution in [0.4, 0.5) is 5.69 Å². The molecule has 3 N–H and O–H groups in total. The standard InChI is InChI=1S/C17H27N3O2/c1-11(2)9-14(17(22)18-5)20-15(21)10-19-16-12(3)7-6-8-13(16)4/h6-8,11,14,19H,9-10H2,1-5H3,(H,18,22)(H,20,21)/t14-/m1/s1. The summed E-state index contributed by atoms with van der Waals surface area (Å²) in [7, 11) is 1.58. The van der Waals surface area contributed by atoms with E-state index in [9.17, 15) is 9.59 Å². The second kappa shape index (κ2) is 8.41. The number of carbonyl (C=O) groups excluding carboxylic acids is 2. The zero-order valence-corrected chi connectivity index (χ0v) is 14.1. The van der Waals surface area contributed by atoms with Gasteiger partial charge in [0, 0.05) is 12.7 Å². The molecule has 0 fully saturated rings. The first-order valence-corrected chi connectivity index (χ1v) is 7.66. The fourth-order valence-electron chi connectivity index (χ4n) is 2.38. The summed E-state index contributed by atoms with van der Waals surface area (Å²) >= 11 is 0. The highest BCUT2D eigenvalue weighted by molar-refractivity contribution is 5.89. The maximum atomic E-state index is 12.1. The fraction of sp³-hybridized carbons (Fsp3) is 0.529. The minimum absolute atomic E-state index is 0.150. The van der Waals surface area contributed by atoms with Crippen LogP contribution in [0.1, 0.15) is 31.4 Å². The molecular formula is C17H27N3O2. The van der Waals surface area contributed by atoms with Gasteiger partial charge in [0.15, 0.2) is 0 Å². The number of rotatable bonds is 7. The van der Waals surface area contributed by atoms with E-state index in [0.29, 0.717) is 12.3 Å². The highest BCUT2D eigenvalue weighted by Crippen LogP contribution is 2.18. The van der Waals surface area contributed by atoms with Crippen LogP contribution < -0.4 is 16.0 Å². The van der Waals surface area contributed by atoms with E-state index in [1.165, 1.54) is 0 Å². The van der Waals surface area contributed by atoms with E-state index in [0.717, 1.165) is 16.8 Å². The number of para-hydroxylation sites is 1. The number of likely N-dealkylation sites (N-methyl/N-ethyl adjacent to an activating group) is 1. The average molecular weight is 305 g/mol. The number of amides is 2. The lowest BCUT2D eigenvalue weighted by Crippen LogP contribution is -2.48. The molecule has 1 aromatic carbocycles. The molecule has 0 aliphatic heterocycles. The Labute approximate surface area is 132 Å². The molecule has 0 spiro atoms. The highest BCUT2D eigenvalue weighted by atomic mass is 16.2. The minimum Gasteiger partial charge on any atom is -0.376 e. The van der Waals surface area contributed by atoms with Crippen LogP contribution in [0, 0.1) is 19.8 Å². The van der Waals surface area contributed by atoms with Gasteiger partial charge in [0.1, 0.15) is 6.04 Å². The van der Waals surface area contributed by atoms with Gasteiger partial charge in [-0.2, -0.15) is 0 Å². The number of hydrogen-bond donors (Lipinski definition) is 3. The predicted octanol–water partition coefficient (Wildman–Crippen LogP) is 1.99. The van der Waals surface area contributed by atoms with E-state index < -0.39 is 6.04 Å². The summed E-state index contributed by atoms with van der Waals surface area (Å²) in [6.07, 6.45) is 0.620. The van der Waals surface area contributed by atoms with Gasteiger partial charge in [0.05, 0.1) is 6.54 Å². The molecule has 5 nitrogen and oxygen atoms in total. The largest absolute Gasteiger partial charge is 0.376 e. The Hall–Kier alpha value is -2.04. The van der Waals surface area contributed by atoms with Gasteiger partial charge in [-0.25, -0.2) is 0 Å². The molecule has 22 heavy (non-hydrogen) atoms. The molecule has 0 heterocycles. The zero-order chi connectivity index (χ0) is 16.7. The summed E-state index contributed by atoms with van der Waals surface area (Å²) in [6, 6.07) is 5.50. The van der Waals surface area contributed by atoms with Gasteiger partial charge in [-0.1, -0.05) is 32.0 Å². The number of aryl methyl sites for hydroxylation is 2. The summed E-state index contributed by atoms with van der Waals surface area (Å²) in [5.41, 5.74) is 3.16. The number of nitrogens with one attached hydrogen (secondary N) is 3. The molecular weight excluding hydrogens is 278 g/mol. The molecule has 0 bridgehead atoms. The summed E-state index contributed by atoms with van der Waals surface area (Å²) in [6.45, 7) is 8.20. The molecule has 0 radical (unpaired) electrons. The third kappa shape index (κ3) is 5.39. The molecule has 5 heteroatoms. The van der Waals surface area contributed by atoms with Crippen molar-refractivity contribution in [1.82, 2.24) is 10.6 Å². The smallest absolute Gasteiger partial charge is 0.242 e. The summed E-state index contributed by atoms with van der Waals surface area (Å²) in [5, 5.41) is 8.54. The predicted molar refractivity (Wildman–Crippen MR) is 89.9 cm³/mol. The number of hydrogen-bond acceptors (Lipinski definition) is 3. The van der Waals surface area contributed by atoms with E-state index in [1.807, 2.05) is 45.9 Å². The summed E-state index contributed by atoms with van der Waals surface area (Å²) < 4.78 is 0. The van der Waals surface area contributed by atoms with E-state index in [1.54, 1.807) is 7.05 Å². The van der Waals surface area contributed by atoms with Crippen LogP contribution in [0.3, 0.4) is 0 Å². The fourth-order valence-corrected chi connectivity index (χ4v) is 2.38. The molecule has 122 valence electrons. The van der Waals surface area contributed by atoms with E-state index in [-0.39, 0.29) is 18.4 Å². The second-order valence-corrected chi connectivity index (χ2v) is 5.98. The SMILES string of the molecule is CNC(=O)[C@@H](CC(C)C)NC(=O)CNc1c(C)cccc1C. The van der Waals surface area contributed by atoms with Crippen molar-refractivity contribution in [2.24, 2.45) is 5.92 Å². The van der Waals surface area contributed by atoms with Crippen LogP contribution in [-0.2, 0) is 9.59 Å². The third-order valence-electron chi connectivity index (χ3n) is 3.51.